The number of nitrogens with zero attached hydrogens (tertiary/aromatic N) is 2. The van der Waals surface area contributed by atoms with Gasteiger partial charge in [-0.25, -0.2) is 0 Å². The maximum atomic E-state index is 12.5. The standard InChI is InChI=1S/C20H14N2O4/c23-20(17-6-3-9-24-17)21-19-15-5-2-1-4-13(15)11-22(19)14-7-8-16-18(10-14)26-12-25-16/h1-10H,11-12H2. The number of ether oxygens (including phenoxy) is 2. The average molecular weight is 346 g/mol. The van der Waals surface area contributed by atoms with Gasteiger partial charge in [0.1, 0.15) is 5.84 Å². The Labute approximate surface area is 149 Å². The minimum atomic E-state index is -0.410. The number of rotatable bonds is 2. The van der Waals surface area contributed by atoms with Crippen molar-refractivity contribution in [3.8, 4) is 11.5 Å². The molecular formula is C20H14N2O4. The van der Waals surface area contributed by atoms with Gasteiger partial charge in [0.2, 0.25) is 6.79 Å². The van der Waals surface area contributed by atoms with Crippen molar-refractivity contribution in [2.75, 3.05) is 11.7 Å². The molecule has 6 nitrogen and oxygen atoms in total. The Morgan fingerprint density at radius 1 is 1.00 bits per heavy atom. The van der Waals surface area contributed by atoms with Gasteiger partial charge >= 0.3 is 5.91 Å². The molecule has 0 fully saturated rings. The lowest BCUT2D eigenvalue weighted by Crippen LogP contribution is -2.25. The normalized spacial score (nSPS) is 16.2. The van der Waals surface area contributed by atoms with Crippen LogP contribution in [0.5, 0.6) is 11.5 Å². The van der Waals surface area contributed by atoms with E-state index in [4.69, 9.17) is 13.9 Å². The SMILES string of the molecule is O=C(N=C1c2ccccc2CN1c1ccc2c(c1)OCO2)c1ccco1. The van der Waals surface area contributed by atoms with E-state index in [1.165, 1.54) is 6.26 Å². The summed E-state index contributed by atoms with van der Waals surface area (Å²) in [5.74, 6) is 1.81. The molecule has 0 spiro atoms. The number of anilines is 1. The van der Waals surface area contributed by atoms with Gasteiger partial charge in [0.25, 0.3) is 0 Å². The number of benzene rings is 2. The molecule has 0 saturated heterocycles. The van der Waals surface area contributed by atoms with Crippen LogP contribution in [-0.2, 0) is 6.54 Å². The van der Waals surface area contributed by atoms with Gasteiger partial charge in [0, 0.05) is 17.3 Å². The van der Waals surface area contributed by atoms with E-state index in [2.05, 4.69) is 4.99 Å². The lowest BCUT2D eigenvalue weighted by Gasteiger charge is -2.19. The van der Waals surface area contributed by atoms with Crippen LogP contribution >= 0.6 is 0 Å². The summed E-state index contributed by atoms with van der Waals surface area (Å²) < 4.78 is 16.0. The third-order valence-electron chi connectivity index (χ3n) is 4.45. The van der Waals surface area contributed by atoms with Crippen molar-refractivity contribution < 1.29 is 18.7 Å². The zero-order chi connectivity index (χ0) is 17.5. The molecule has 128 valence electrons. The summed E-state index contributed by atoms with van der Waals surface area (Å²) in [6, 6.07) is 16.9. The highest BCUT2D eigenvalue weighted by Gasteiger charge is 2.29. The van der Waals surface area contributed by atoms with E-state index in [9.17, 15) is 4.79 Å². The number of hydrogen-bond donors (Lipinski definition) is 0. The third kappa shape index (κ3) is 2.35. The van der Waals surface area contributed by atoms with E-state index < -0.39 is 5.91 Å². The molecule has 0 radical (unpaired) electrons. The largest absolute Gasteiger partial charge is 0.459 e. The van der Waals surface area contributed by atoms with Crippen molar-refractivity contribution in [2.24, 2.45) is 4.99 Å². The van der Waals surface area contributed by atoms with E-state index >= 15 is 0 Å². The molecule has 1 aromatic heterocycles. The molecule has 0 unspecified atom stereocenters. The van der Waals surface area contributed by atoms with Crippen LogP contribution in [0.1, 0.15) is 21.7 Å². The second-order valence-electron chi connectivity index (χ2n) is 6.00. The van der Waals surface area contributed by atoms with Crippen LogP contribution in [0.2, 0.25) is 0 Å². The number of amidine groups is 1. The summed E-state index contributed by atoms with van der Waals surface area (Å²) in [4.78, 5) is 18.8. The fourth-order valence-electron chi connectivity index (χ4n) is 3.21. The first-order chi connectivity index (χ1) is 12.8. The molecule has 1 amide bonds. The van der Waals surface area contributed by atoms with E-state index in [1.54, 1.807) is 12.1 Å². The maximum Gasteiger partial charge on any atom is 0.314 e. The monoisotopic (exact) mass is 346 g/mol. The van der Waals surface area contributed by atoms with E-state index in [0.29, 0.717) is 18.1 Å². The predicted octanol–water partition coefficient (Wildman–Crippen LogP) is 3.62. The average Bonchev–Trinajstić information content (AvgIpc) is 3.41. The first-order valence-electron chi connectivity index (χ1n) is 8.21. The summed E-state index contributed by atoms with van der Waals surface area (Å²) in [6.07, 6.45) is 1.46. The number of aliphatic imine (C=N–C) groups is 1. The molecule has 2 aliphatic rings. The smallest absolute Gasteiger partial charge is 0.314 e. The van der Waals surface area contributed by atoms with Gasteiger partial charge in [0.05, 0.1) is 12.8 Å². The second-order valence-corrected chi connectivity index (χ2v) is 6.00. The topological polar surface area (TPSA) is 64.3 Å². The van der Waals surface area contributed by atoms with Crippen molar-refractivity contribution in [1.82, 2.24) is 0 Å². The quantitative estimate of drug-likeness (QED) is 0.709. The third-order valence-corrected chi connectivity index (χ3v) is 4.45. The van der Waals surface area contributed by atoms with Gasteiger partial charge < -0.3 is 18.8 Å². The van der Waals surface area contributed by atoms with Crippen LogP contribution in [0.3, 0.4) is 0 Å². The van der Waals surface area contributed by atoms with E-state index in [0.717, 1.165) is 22.6 Å². The molecule has 3 heterocycles. The molecule has 3 aromatic rings. The Morgan fingerprint density at radius 2 is 1.88 bits per heavy atom. The Bertz CT molecular complexity index is 1020. The molecule has 5 rings (SSSR count). The van der Waals surface area contributed by atoms with Crippen LogP contribution in [0.15, 0.2) is 70.3 Å². The van der Waals surface area contributed by atoms with Crippen molar-refractivity contribution >= 4 is 17.4 Å². The zero-order valence-corrected chi connectivity index (χ0v) is 13.7. The molecule has 0 aliphatic carbocycles. The molecule has 0 atom stereocenters. The van der Waals surface area contributed by atoms with E-state index in [-0.39, 0.29) is 12.6 Å². The maximum absolute atomic E-state index is 12.5. The Morgan fingerprint density at radius 3 is 2.77 bits per heavy atom. The Balaban J connectivity index is 1.59. The van der Waals surface area contributed by atoms with Crippen LogP contribution in [0.4, 0.5) is 5.69 Å². The van der Waals surface area contributed by atoms with E-state index in [1.807, 2.05) is 47.4 Å². The number of carbonyl (C=O) groups is 1. The van der Waals surface area contributed by atoms with Gasteiger partial charge in [-0.3, -0.25) is 4.79 Å². The van der Waals surface area contributed by atoms with Crippen molar-refractivity contribution in [2.45, 2.75) is 6.54 Å². The number of fused-ring (bicyclic) bond motifs is 2. The molecule has 0 saturated carbocycles. The zero-order valence-electron chi connectivity index (χ0n) is 13.7. The molecule has 0 N–H and O–H groups in total. The minimum Gasteiger partial charge on any atom is -0.459 e. The lowest BCUT2D eigenvalue weighted by atomic mass is 10.1. The highest BCUT2D eigenvalue weighted by atomic mass is 16.7. The number of carbonyl (C=O) groups excluding carboxylic acids is 1. The Hall–Kier alpha value is -3.54. The molecule has 2 aromatic carbocycles. The molecule has 2 aliphatic heterocycles. The first kappa shape index (κ1) is 14.8. The highest BCUT2D eigenvalue weighted by molar-refractivity contribution is 6.18. The molecule has 26 heavy (non-hydrogen) atoms. The molecule has 0 bridgehead atoms. The molecular weight excluding hydrogens is 332 g/mol. The number of furan rings is 1. The van der Waals surface area contributed by atoms with Gasteiger partial charge in [-0.05, 0) is 29.8 Å². The van der Waals surface area contributed by atoms with Gasteiger partial charge in [-0.2, -0.15) is 4.99 Å². The Kier molecular flexibility index (Phi) is 3.28. The van der Waals surface area contributed by atoms with Crippen LogP contribution in [0, 0.1) is 0 Å². The van der Waals surface area contributed by atoms with Gasteiger partial charge in [-0.1, -0.05) is 24.3 Å². The summed E-state index contributed by atoms with van der Waals surface area (Å²) in [7, 11) is 0. The fourth-order valence-corrected chi connectivity index (χ4v) is 3.21. The number of amides is 1. The van der Waals surface area contributed by atoms with Gasteiger partial charge in [0.15, 0.2) is 17.3 Å². The second kappa shape index (κ2) is 5.77. The lowest BCUT2D eigenvalue weighted by molar-refractivity contribution is 0.0976. The van der Waals surface area contributed by atoms with Crippen LogP contribution in [-0.4, -0.2) is 18.5 Å². The summed E-state index contributed by atoms with van der Waals surface area (Å²) in [5.41, 5.74) is 2.93. The number of hydrogen-bond acceptors (Lipinski definition) is 4. The molecule has 6 heteroatoms. The van der Waals surface area contributed by atoms with Crippen molar-refractivity contribution in [3.05, 3.63) is 77.7 Å². The first-order valence-corrected chi connectivity index (χ1v) is 8.21. The summed E-state index contributed by atoms with van der Waals surface area (Å²) in [5, 5.41) is 0. The predicted molar refractivity (Wildman–Crippen MR) is 94.8 cm³/mol. The van der Waals surface area contributed by atoms with Crippen LogP contribution in [0.25, 0.3) is 0 Å². The summed E-state index contributed by atoms with van der Waals surface area (Å²) in [6.45, 7) is 0.844. The fraction of sp³-hybridized carbons (Fsp3) is 0.100. The van der Waals surface area contributed by atoms with Crippen LogP contribution < -0.4 is 14.4 Å². The highest BCUT2D eigenvalue weighted by Crippen LogP contribution is 2.38. The minimum absolute atomic E-state index is 0.215. The van der Waals surface area contributed by atoms with Crippen molar-refractivity contribution in [3.63, 3.8) is 0 Å². The summed E-state index contributed by atoms with van der Waals surface area (Å²) >= 11 is 0. The van der Waals surface area contributed by atoms with Gasteiger partial charge in [-0.15, -0.1) is 0 Å². The van der Waals surface area contributed by atoms with Crippen molar-refractivity contribution in [1.29, 1.82) is 0 Å².